The molecule has 88 valence electrons. The predicted molar refractivity (Wildman–Crippen MR) is 63.8 cm³/mol. The quantitative estimate of drug-likeness (QED) is 0.712. The highest BCUT2D eigenvalue weighted by molar-refractivity contribution is 4.86. The predicted octanol–water partition coefficient (Wildman–Crippen LogP) is 2.92. The number of H-pyrrole nitrogens is 1. The second-order valence-electron chi connectivity index (χ2n) is 3.52. The van der Waals surface area contributed by atoms with Crippen molar-refractivity contribution < 1.29 is 5.11 Å². The van der Waals surface area contributed by atoms with E-state index >= 15 is 0 Å². The number of unbranched alkanes of at least 4 members (excludes halogenated alkanes) is 4. The number of aliphatic hydroxyl groups is 1. The van der Waals surface area contributed by atoms with Gasteiger partial charge in [0.2, 0.25) is 0 Å². The number of aromatic amines is 1. The smallest absolute Gasteiger partial charge is 0.105 e. The zero-order valence-corrected chi connectivity index (χ0v) is 10.00. The molecule has 15 heavy (non-hydrogen) atoms. The molecule has 0 aliphatic heterocycles. The van der Waals surface area contributed by atoms with Crippen LogP contribution in [-0.2, 0) is 6.42 Å². The molecule has 0 saturated heterocycles. The fourth-order valence-electron chi connectivity index (χ4n) is 1.33. The zero-order valence-electron chi connectivity index (χ0n) is 10.00. The third-order valence-electron chi connectivity index (χ3n) is 2.07. The summed E-state index contributed by atoms with van der Waals surface area (Å²) in [6, 6.07) is 0. The molecule has 0 aromatic carbocycles. The fourth-order valence-corrected chi connectivity index (χ4v) is 1.33. The highest BCUT2D eigenvalue weighted by Gasteiger charge is 1.93. The second-order valence-corrected chi connectivity index (χ2v) is 3.52. The van der Waals surface area contributed by atoms with E-state index in [-0.39, 0.29) is 6.61 Å². The normalized spacial score (nSPS) is 9.53. The molecule has 0 amide bonds. The number of hydrogen-bond acceptors (Lipinski definition) is 2. The van der Waals surface area contributed by atoms with Gasteiger partial charge in [-0.1, -0.05) is 32.6 Å². The Morgan fingerprint density at radius 1 is 1.20 bits per heavy atom. The maximum atomic E-state index is 7.57. The van der Waals surface area contributed by atoms with Crippen molar-refractivity contribution in [2.45, 2.75) is 52.4 Å². The van der Waals surface area contributed by atoms with Gasteiger partial charge in [0, 0.05) is 25.4 Å². The van der Waals surface area contributed by atoms with Crippen LogP contribution < -0.4 is 0 Å². The van der Waals surface area contributed by atoms with Gasteiger partial charge in [0.05, 0.1) is 0 Å². The number of aromatic nitrogens is 2. The Morgan fingerprint density at radius 2 is 1.87 bits per heavy atom. The molecule has 3 heteroatoms. The summed E-state index contributed by atoms with van der Waals surface area (Å²) in [4.78, 5) is 7.30. The number of aliphatic hydroxyl groups excluding tert-OH is 1. The maximum Gasteiger partial charge on any atom is 0.105 e. The van der Waals surface area contributed by atoms with Crippen LogP contribution in [0.5, 0.6) is 0 Å². The molecule has 0 aliphatic carbocycles. The van der Waals surface area contributed by atoms with Crippen LogP contribution >= 0.6 is 0 Å². The first kappa shape index (κ1) is 14.2. The minimum absolute atomic E-state index is 0.250. The van der Waals surface area contributed by atoms with E-state index in [2.05, 4.69) is 16.9 Å². The molecular formula is C12H24N2O. The van der Waals surface area contributed by atoms with Crippen molar-refractivity contribution in [2.75, 3.05) is 6.61 Å². The lowest BCUT2D eigenvalue weighted by Crippen LogP contribution is -1.87. The molecule has 1 aromatic rings. The average molecular weight is 212 g/mol. The average Bonchev–Trinajstić information content (AvgIpc) is 2.72. The first-order chi connectivity index (χ1) is 7.35. The maximum absolute atomic E-state index is 7.57. The van der Waals surface area contributed by atoms with Gasteiger partial charge in [-0.25, -0.2) is 4.98 Å². The summed E-state index contributed by atoms with van der Waals surface area (Å²) in [7, 11) is 0. The Balaban J connectivity index is 0.000000583. The van der Waals surface area contributed by atoms with Crippen molar-refractivity contribution in [3.8, 4) is 0 Å². The molecule has 2 N–H and O–H groups in total. The van der Waals surface area contributed by atoms with Crippen LogP contribution in [0.4, 0.5) is 0 Å². The van der Waals surface area contributed by atoms with Crippen molar-refractivity contribution in [2.24, 2.45) is 0 Å². The number of rotatable bonds is 6. The van der Waals surface area contributed by atoms with Gasteiger partial charge < -0.3 is 10.1 Å². The Labute approximate surface area is 92.9 Å². The van der Waals surface area contributed by atoms with Crippen molar-refractivity contribution in [1.29, 1.82) is 0 Å². The summed E-state index contributed by atoms with van der Waals surface area (Å²) in [5.74, 6) is 1.13. The summed E-state index contributed by atoms with van der Waals surface area (Å²) in [6.45, 7) is 4.17. The molecule has 0 radical (unpaired) electrons. The van der Waals surface area contributed by atoms with Gasteiger partial charge >= 0.3 is 0 Å². The van der Waals surface area contributed by atoms with Crippen LogP contribution in [-0.4, -0.2) is 21.7 Å². The standard InChI is InChI=1S/C10H18N2.C2H6O/c1-2-3-4-5-6-7-10-11-8-9-12-10;1-2-3/h8-9H,2-7H2,1H3,(H,11,12);3H,2H2,1H3. The second kappa shape index (κ2) is 11.2. The highest BCUT2D eigenvalue weighted by atomic mass is 16.2. The molecule has 0 fully saturated rings. The molecule has 0 spiro atoms. The van der Waals surface area contributed by atoms with Gasteiger partial charge in [0.1, 0.15) is 5.82 Å². The van der Waals surface area contributed by atoms with Crippen LogP contribution in [0.25, 0.3) is 0 Å². The Morgan fingerprint density at radius 3 is 2.40 bits per heavy atom. The minimum atomic E-state index is 0.250. The summed E-state index contributed by atoms with van der Waals surface area (Å²) in [5.41, 5.74) is 0. The van der Waals surface area contributed by atoms with Gasteiger partial charge in [-0.15, -0.1) is 0 Å². The van der Waals surface area contributed by atoms with E-state index in [1.165, 1.54) is 32.1 Å². The number of imidazole rings is 1. The topological polar surface area (TPSA) is 48.9 Å². The van der Waals surface area contributed by atoms with E-state index in [0.29, 0.717) is 0 Å². The van der Waals surface area contributed by atoms with Crippen LogP contribution in [0.15, 0.2) is 12.4 Å². The highest BCUT2D eigenvalue weighted by Crippen LogP contribution is 2.05. The molecule has 0 saturated carbocycles. The molecule has 3 nitrogen and oxygen atoms in total. The third-order valence-corrected chi connectivity index (χ3v) is 2.07. The van der Waals surface area contributed by atoms with Gasteiger partial charge in [-0.3, -0.25) is 0 Å². The molecular weight excluding hydrogens is 188 g/mol. The van der Waals surface area contributed by atoms with Crippen molar-refractivity contribution in [3.05, 3.63) is 18.2 Å². The molecule has 0 aliphatic rings. The monoisotopic (exact) mass is 212 g/mol. The molecule has 1 heterocycles. The molecule has 0 atom stereocenters. The lowest BCUT2D eigenvalue weighted by molar-refractivity contribution is 0.318. The van der Waals surface area contributed by atoms with Crippen LogP contribution in [0.3, 0.4) is 0 Å². The van der Waals surface area contributed by atoms with E-state index in [1.54, 1.807) is 6.92 Å². The third kappa shape index (κ3) is 9.47. The SMILES string of the molecule is CCCCCCCc1ncc[nH]1.CCO. The summed E-state index contributed by atoms with van der Waals surface area (Å²) >= 11 is 0. The Kier molecular flexibility index (Phi) is 10.6. The van der Waals surface area contributed by atoms with Gasteiger partial charge in [0.25, 0.3) is 0 Å². The van der Waals surface area contributed by atoms with Crippen molar-refractivity contribution in [3.63, 3.8) is 0 Å². The first-order valence-electron chi connectivity index (χ1n) is 5.94. The number of aryl methyl sites for hydroxylation is 1. The summed E-state index contributed by atoms with van der Waals surface area (Å²) in [6.07, 6.45) is 11.5. The largest absolute Gasteiger partial charge is 0.397 e. The number of nitrogens with zero attached hydrogens (tertiary/aromatic N) is 1. The van der Waals surface area contributed by atoms with Gasteiger partial charge in [0.15, 0.2) is 0 Å². The van der Waals surface area contributed by atoms with E-state index in [0.717, 1.165) is 12.2 Å². The molecule has 1 aromatic heterocycles. The zero-order chi connectivity index (χ0) is 11.4. The lowest BCUT2D eigenvalue weighted by atomic mass is 10.1. The van der Waals surface area contributed by atoms with E-state index < -0.39 is 0 Å². The fraction of sp³-hybridized carbons (Fsp3) is 0.750. The molecule has 0 unspecified atom stereocenters. The van der Waals surface area contributed by atoms with Crippen molar-refractivity contribution in [1.82, 2.24) is 9.97 Å². The van der Waals surface area contributed by atoms with Gasteiger partial charge in [-0.2, -0.15) is 0 Å². The Bertz CT molecular complexity index is 197. The molecule has 1 rings (SSSR count). The number of nitrogens with one attached hydrogen (secondary N) is 1. The first-order valence-corrected chi connectivity index (χ1v) is 5.94. The lowest BCUT2D eigenvalue weighted by Gasteiger charge is -1.97. The van der Waals surface area contributed by atoms with Crippen LogP contribution in [0, 0.1) is 0 Å². The van der Waals surface area contributed by atoms with E-state index in [9.17, 15) is 0 Å². The van der Waals surface area contributed by atoms with Crippen LogP contribution in [0.1, 0.15) is 51.8 Å². The number of hydrogen-bond donors (Lipinski definition) is 2. The summed E-state index contributed by atoms with van der Waals surface area (Å²) < 4.78 is 0. The summed E-state index contributed by atoms with van der Waals surface area (Å²) in [5, 5.41) is 7.57. The van der Waals surface area contributed by atoms with E-state index in [1.807, 2.05) is 12.4 Å². The molecule has 0 bridgehead atoms. The Hall–Kier alpha value is -0.830. The van der Waals surface area contributed by atoms with Crippen LogP contribution in [0.2, 0.25) is 0 Å². The minimum Gasteiger partial charge on any atom is -0.397 e. The van der Waals surface area contributed by atoms with Gasteiger partial charge in [-0.05, 0) is 13.3 Å². The van der Waals surface area contributed by atoms with E-state index in [4.69, 9.17) is 5.11 Å². The van der Waals surface area contributed by atoms with Crippen molar-refractivity contribution >= 4 is 0 Å².